The van der Waals surface area contributed by atoms with E-state index in [4.69, 9.17) is 9.47 Å². The minimum absolute atomic E-state index is 0.107. The average molecular weight is 512 g/mol. The zero-order chi connectivity index (χ0) is 26.6. The molecule has 0 bridgehead atoms. The number of nitrogens with one attached hydrogen (secondary N) is 2. The second-order valence-corrected chi connectivity index (χ2v) is 9.86. The standard InChI is InChI=1S/C29H41N3O5/c1-21-8-5-10-23(16-21)27(37-15-13-30-29(34)35-4)24-11-6-12-25(18-24)28(33)31-19-26(32(2)3)17-22-9-7-14-36-20-22/h5-6,8,10-12,16,18,22,26-27H,7,9,13-15,17,19-20H2,1-4H3,(H,30,34)(H,31,33)/t22-,26+,27?/m1/s1. The number of likely N-dealkylation sites (N-methyl/N-ethyl adjacent to an activating group) is 1. The number of methoxy groups -OCH3 is 1. The Labute approximate surface area is 220 Å². The van der Waals surface area contributed by atoms with Crippen molar-refractivity contribution in [3.05, 3.63) is 70.8 Å². The summed E-state index contributed by atoms with van der Waals surface area (Å²) < 4.78 is 16.5. The number of amides is 2. The zero-order valence-electron chi connectivity index (χ0n) is 22.5. The van der Waals surface area contributed by atoms with Crippen LogP contribution < -0.4 is 10.6 Å². The molecule has 202 valence electrons. The zero-order valence-corrected chi connectivity index (χ0v) is 22.5. The van der Waals surface area contributed by atoms with Gasteiger partial charge in [0.05, 0.1) is 13.7 Å². The van der Waals surface area contributed by atoms with Crippen LogP contribution >= 0.6 is 0 Å². The molecule has 0 aromatic heterocycles. The summed E-state index contributed by atoms with van der Waals surface area (Å²) in [5.74, 6) is 0.422. The molecule has 3 rings (SSSR count). The van der Waals surface area contributed by atoms with Gasteiger partial charge in [0.15, 0.2) is 0 Å². The van der Waals surface area contributed by atoms with Crippen LogP contribution in [0.15, 0.2) is 48.5 Å². The van der Waals surface area contributed by atoms with Crippen molar-refractivity contribution in [1.29, 1.82) is 0 Å². The fraction of sp³-hybridized carbons (Fsp3) is 0.517. The highest BCUT2D eigenvalue weighted by Gasteiger charge is 2.22. The molecule has 0 radical (unpaired) electrons. The van der Waals surface area contributed by atoms with Crippen LogP contribution in [0.4, 0.5) is 4.79 Å². The first kappa shape index (κ1) is 28.6. The Bertz CT molecular complexity index is 1010. The maximum atomic E-state index is 13.1. The lowest BCUT2D eigenvalue weighted by Crippen LogP contribution is -2.42. The topological polar surface area (TPSA) is 89.1 Å². The van der Waals surface area contributed by atoms with E-state index in [1.165, 1.54) is 13.5 Å². The van der Waals surface area contributed by atoms with E-state index in [9.17, 15) is 9.59 Å². The third-order valence-electron chi connectivity index (χ3n) is 6.73. The number of hydrogen-bond donors (Lipinski definition) is 2. The predicted octanol–water partition coefficient (Wildman–Crippen LogP) is 3.93. The largest absolute Gasteiger partial charge is 0.453 e. The summed E-state index contributed by atoms with van der Waals surface area (Å²) in [5, 5.41) is 5.77. The fourth-order valence-electron chi connectivity index (χ4n) is 4.63. The molecule has 1 aliphatic rings. The molecular weight excluding hydrogens is 470 g/mol. The van der Waals surface area contributed by atoms with Crippen LogP contribution in [0.1, 0.15) is 52.4 Å². The van der Waals surface area contributed by atoms with Crippen LogP contribution in [0.25, 0.3) is 0 Å². The van der Waals surface area contributed by atoms with E-state index in [1.807, 2.05) is 49.4 Å². The molecule has 8 nitrogen and oxygen atoms in total. The summed E-state index contributed by atoms with van der Waals surface area (Å²) in [6.45, 7) is 4.86. The molecule has 3 atom stereocenters. The SMILES string of the molecule is COC(=O)NCCOC(c1cccc(C)c1)c1cccc(C(=O)NC[C@H](C[C@H]2CCCOC2)N(C)C)c1. The summed E-state index contributed by atoms with van der Waals surface area (Å²) in [5.41, 5.74) is 3.56. The van der Waals surface area contributed by atoms with Crippen LogP contribution in [0, 0.1) is 12.8 Å². The quantitative estimate of drug-likeness (QED) is 0.420. The fourth-order valence-corrected chi connectivity index (χ4v) is 4.63. The van der Waals surface area contributed by atoms with Gasteiger partial charge in [-0.1, -0.05) is 42.0 Å². The van der Waals surface area contributed by atoms with E-state index in [0.29, 0.717) is 31.2 Å². The normalized spacial score (nSPS) is 17.2. The summed E-state index contributed by atoms with van der Waals surface area (Å²) in [6, 6.07) is 15.9. The highest BCUT2D eigenvalue weighted by molar-refractivity contribution is 5.94. The highest BCUT2D eigenvalue weighted by atomic mass is 16.5. The third-order valence-corrected chi connectivity index (χ3v) is 6.73. The van der Waals surface area contributed by atoms with Gasteiger partial charge in [0.1, 0.15) is 6.10 Å². The molecule has 37 heavy (non-hydrogen) atoms. The van der Waals surface area contributed by atoms with Gasteiger partial charge in [-0.25, -0.2) is 4.79 Å². The molecule has 2 N–H and O–H groups in total. The molecule has 0 aliphatic carbocycles. The van der Waals surface area contributed by atoms with E-state index < -0.39 is 6.09 Å². The van der Waals surface area contributed by atoms with Crippen molar-refractivity contribution < 1.29 is 23.8 Å². The number of carbonyl (C=O) groups is 2. The Balaban J connectivity index is 1.68. The third kappa shape index (κ3) is 9.14. The molecule has 2 aromatic carbocycles. The molecule has 1 heterocycles. The minimum atomic E-state index is -0.499. The van der Waals surface area contributed by atoms with E-state index in [-0.39, 0.29) is 18.1 Å². The van der Waals surface area contributed by atoms with E-state index in [2.05, 4.69) is 40.4 Å². The van der Waals surface area contributed by atoms with Gasteiger partial charge >= 0.3 is 6.09 Å². The summed E-state index contributed by atoms with van der Waals surface area (Å²) in [4.78, 5) is 26.7. The monoisotopic (exact) mass is 511 g/mol. The number of aryl methyl sites for hydroxylation is 1. The molecule has 8 heteroatoms. The van der Waals surface area contributed by atoms with E-state index >= 15 is 0 Å². The summed E-state index contributed by atoms with van der Waals surface area (Å²) in [7, 11) is 5.44. The number of rotatable bonds is 12. The molecule has 0 saturated carbocycles. The Kier molecular flexibility index (Phi) is 11.4. The van der Waals surface area contributed by atoms with Crippen molar-refractivity contribution in [2.75, 3.05) is 54.1 Å². The van der Waals surface area contributed by atoms with Gasteiger partial charge < -0.3 is 29.7 Å². The Morgan fingerprint density at radius 2 is 1.86 bits per heavy atom. The Morgan fingerprint density at radius 1 is 1.11 bits per heavy atom. The number of nitrogens with zero attached hydrogens (tertiary/aromatic N) is 1. The van der Waals surface area contributed by atoms with Gasteiger partial charge in [-0.3, -0.25) is 4.79 Å². The smallest absolute Gasteiger partial charge is 0.406 e. The van der Waals surface area contributed by atoms with E-state index in [0.717, 1.165) is 42.7 Å². The first-order chi connectivity index (χ1) is 17.9. The molecule has 0 spiro atoms. The van der Waals surface area contributed by atoms with Crippen LogP contribution in [-0.4, -0.2) is 77.1 Å². The molecule has 2 amide bonds. The maximum Gasteiger partial charge on any atom is 0.406 e. The number of alkyl carbamates (subject to hydrolysis) is 1. The van der Waals surface area contributed by atoms with Gasteiger partial charge in [0.25, 0.3) is 5.91 Å². The van der Waals surface area contributed by atoms with Crippen LogP contribution in [-0.2, 0) is 14.2 Å². The van der Waals surface area contributed by atoms with Crippen molar-refractivity contribution in [2.24, 2.45) is 5.92 Å². The molecule has 2 aromatic rings. The van der Waals surface area contributed by atoms with Crippen molar-refractivity contribution in [1.82, 2.24) is 15.5 Å². The number of carbonyl (C=O) groups excluding carboxylic acids is 2. The van der Waals surface area contributed by atoms with Crippen LogP contribution in [0.3, 0.4) is 0 Å². The van der Waals surface area contributed by atoms with E-state index in [1.54, 1.807) is 0 Å². The Hall–Kier alpha value is -2.94. The average Bonchev–Trinajstić information content (AvgIpc) is 2.91. The highest BCUT2D eigenvalue weighted by Crippen LogP contribution is 2.27. The first-order valence-electron chi connectivity index (χ1n) is 13.0. The second kappa shape index (κ2) is 14.7. The van der Waals surface area contributed by atoms with Crippen molar-refractivity contribution in [3.8, 4) is 0 Å². The van der Waals surface area contributed by atoms with Gasteiger partial charge in [0, 0.05) is 37.9 Å². The molecular formula is C29H41N3O5. The Morgan fingerprint density at radius 3 is 2.54 bits per heavy atom. The lowest BCUT2D eigenvalue weighted by molar-refractivity contribution is 0.0414. The predicted molar refractivity (Wildman–Crippen MR) is 144 cm³/mol. The van der Waals surface area contributed by atoms with Crippen molar-refractivity contribution in [3.63, 3.8) is 0 Å². The number of hydrogen-bond acceptors (Lipinski definition) is 6. The van der Waals surface area contributed by atoms with Crippen molar-refractivity contribution >= 4 is 12.0 Å². The number of benzene rings is 2. The van der Waals surface area contributed by atoms with Crippen LogP contribution in [0.5, 0.6) is 0 Å². The van der Waals surface area contributed by atoms with Crippen LogP contribution in [0.2, 0.25) is 0 Å². The van der Waals surface area contributed by atoms with Crippen molar-refractivity contribution in [2.45, 2.75) is 38.3 Å². The first-order valence-corrected chi connectivity index (χ1v) is 13.0. The lowest BCUT2D eigenvalue weighted by Gasteiger charge is -2.30. The molecule has 1 unspecified atom stereocenters. The van der Waals surface area contributed by atoms with Gasteiger partial charge in [-0.2, -0.15) is 0 Å². The van der Waals surface area contributed by atoms with Gasteiger partial charge in [-0.15, -0.1) is 0 Å². The van der Waals surface area contributed by atoms with Gasteiger partial charge in [0.2, 0.25) is 0 Å². The molecule has 1 fully saturated rings. The molecule has 1 saturated heterocycles. The summed E-state index contributed by atoms with van der Waals surface area (Å²) >= 11 is 0. The summed E-state index contributed by atoms with van der Waals surface area (Å²) in [6.07, 6.45) is 2.40. The lowest BCUT2D eigenvalue weighted by atomic mass is 9.93. The second-order valence-electron chi connectivity index (χ2n) is 9.86. The minimum Gasteiger partial charge on any atom is -0.453 e. The van der Waals surface area contributed by atoms with Gasteiger partial charge in [-0.05, 0) is 69.5 Å². The maximum absolute atomic E-state index is 13.1. The number of ether oxygens (including phenoxy) is 3. The molecule has 1 aliphatic heterocycles.